The van der Waals surface area contributed by atoms with Gasteiger partial charge in [0.1, 0.15) is 11.6 Å². The van der Waals surface area contributed by atoms with Gasteiger partial charge in [0.2, 0.25) is 0 Å². The SMILES string of the molecule is CC([ClH+])C(N)=O.O=C(O)C1CCC2C(C(=O)O)C12. The molecule has 0 bridgehead atoms. The Kier molecular flexibility index (Phi) is 4.56. The maximum Gasteiger partial charge on any atom is 0.307 e. The van der Waals surface area contributed by atoms with Crippen LogP contribution in [-0.2, 0) is 14.4 Å². The van der Waals surface area contributed by atoms with Crippen LogP contribution in [0.2, 0.25) is 0 Å². The van der Waals surface area contributed by atoms with E-state index in [0.29, 0.717) is 6.42 Å². The van der Waals surface area contributed by atoms with Gasteiger partial charge in [-0.3, -0.25) is 14.4 Å². The molecule has 6 nitrogen and oxygen atoms in total. The van der Waals surface area contributed by atoms with Crippen LogP contribution >= 0.6 is 0 Å². The Hall–Kier alpha value is -1.30. The summed E-state index contributed by atoms with van der Waals surface area (Å²) in [5, 5.41) is 17.0. The molecule has 2 saturated carbocycles. The predicted octanol–water partition coefficient (Wildman–Crippen LogP) is -0.430. The summed E-state index contributed by atoms with van der Waals surface area (Å²) < 4.78 is 0. The van der Waals surface area contributed by atoms with Gasteiger partial charge >= 0.3 is 11.9 Å². The third kappa shape index (κ3) is 3.13. The molecule has 2 aliphatic carbocycles. The number of carboxylic acid groups (broad SMARTS) is 2. The lowest BCUT2D eigenvalue weighted by Gasteiger charge is -2.05. The van der Waals surface area contributed by atoms with Crippen molar-refractivity contribution in [2.24, 2.45) is 29.4 Å². The number of nitrogens with two attached hydrogens (primary N) is 1. The second-order valence-corrected chi connectivity index (χ2v) is 5.38. The molecule has 102 valence electrons. The third-order valence-corrected chi connectivity index (χ3v) is 3.74. The summed E-state index contributed by atoms with van der Waals surface area (Å²) in [6.07, 6.45) is 1.44. The Labute approximate surface area is 109 Å². The summed E-state index contributed by atoms with van der Waals surface area (Å²) >= 11 is 4.43. The molecule has 4 N–H and O–H groups in total. The average molecular weight is 279 g/mol. The first-order valence-electron chi connectivity index (χ1n) is 5.68. The molecule has 0 aromatic heterocycles. The minimum absolute atomic E-state index is 0.0694. The molecule has 5 unspecified atom stereocenters. The highest BCUT2D eigenvalue weighted by atomic mass is 35.5. The molecule has 0 radical (unpaired) electrons. The van der Waals surface area contributed by atoms with E-state index >= 15 is 0 Å². The summed E-state index contributed by atoms with van der Waals surface area (Å²) in [6, 6.07) is 0. The van der Waals surface area contributed by atoms with E-state index in [1.807, 2.05) is 0 Å². The minimum Gasteiger partial charge on any atom is -0.481 e. The molecule has 18 heavy (non-hydrogen) atoms. The number of alkyl halides is 1. The number of fused-ring (bicyclic) bond motifs is 1. The molecule has 0 aromatic carbocycles. The Morgan fingerprint density at radius 3 is 2.00 bits per heavy atom. The number of carbonyl (C=O) groups is 3. The van der Waals surface area contributed by atoms with Crippen LogP contribution in [0.5, 0.6) is 0 Å². The topological polar surface area (TPSA) is 118 Å². The van der Waals surface area contributed by atoms with Gasteiger partial charge in [-0.15, -0.1) is 0 Å². The van der Waals surface area contributed by atoms with E-state index in [0.717, 1.165) is 6.42 Å². The fourth-order valence-corrected chi connectivity index (χ4v) is 2.52. The maximum atomic E-state index is 10.6. The first kappa shape index (κ1) is 14.8. The van der Waals surface area contributed by atoms with E-state index in [1.165, 1.54) is 0 Å². The van der Waals surface area contributed by atoms with Crippen molar-refractivity contribution < 1.29 is 36.2 Å². The van der Waals surface area contributed by atoms with Crippen LogP contribution in [0.3, 0.4) is 0 Å². The number of carbonyl (C=O) groups excluding carboxylic acids is 1. The lowest BCUT2D eigenvalue weighted by atomic mass is 10.0. The number of halogens is 1. The molecule has 2 rings (SSSR count). The van der Waals surface area contributed by atoms with Gasteiger partial charge < -0.3 is 15.9 Å². The zero-order chi connectivity index (χ0) is 14.0. The Bertz CT molecular complexity index is 370. The Morgan fingerprint density at radius 1 is 1.22 bits per heavy atom. The van der Waals surface area contributed by atoms with Crippen molar-refractivity contribution in [2.45, 2.75) is 25.1 Å². The molecule has 0 heterocycles. The van der Waals surface area contributed by atoms with Crippen LogP contribution < -0.4 is 5.73 Å². The second-order valence-electron chi connectivity index (χ2n) is 4.67. The van der Waals surface area contributed by atoms with Crippen LogP contribution in [0.25, 0.3) is 0 Å². The number of rotatable bonds is 3. The summed E-state index contributed by atoms with van der Waals surface area (Å²) in [7, 11) is 0. The summed E-state index contributed by atoms with van der Waals surface area (Å²) in [5.41, 5.74) is 4.69. The van der Waals surface area contributed by atoms with E-state index in [4.69, 9.17) is 15.9 Å². The van der Waals surface area contributed by atoms with Gasteiger partial charge in [-0.05, 0) is 24.7 Å². The zero-order valence-corrected chi connectivity index (χ0v) is 10.7. The Morgan fingerprint density at radius 2 is 1.72 bits per heavy atom. The first-order chi connectivity index (χ1) is 8.27. The van der Waals surface area contributed by atoms with Gasteiger partial charge in [0.25, 0.3) is 11.3 Å². The van der Waals surface area contributed by atoms with Crippen molar-refractivity contribution in [3.05, 3.63) is 0 Å². The van der Waals surface area contributed by atoms with Crippen LogP contribution in [0.4, 0.5) is 0 Å². The smallest absolute Gasteiger partial charge is 0.307 e. The van der Waals surface area contributed by atoms with E-state index in [-0.39, 0.29) is 17.8 Å². The number of hydrogen-bond acceptors (Lipinski definition) is 3. The predicted molar refractivity (Wildman–Crippen MR) is 58.5 cm³/mol. The molecule has 0 saturated heterocycles. The molecule has 5 atom stereocenters. The van der Waals surface area contributed by atoms with Crippen molar-refractivity contribution >= 4 is 17.8 Å². The lowest BCUT2D eigenvalue weighted by Crippen LogP contribution is -2.22. The van der Waals surface area contributed by atoms with Gasteiger partial charge in [-0.1, -0.05) is 0 Å². The number of amides is 1. The fraction of sp³-hybridized carbons (Fsp3) is 0.727. The van der Waals surface area contributed by atoms with Crippen molar-refractivity contribution in [2.75, 3.05) is 0 Å². The largest absolute Gasteiger partial charge is 0.481 e. The van der Waals surface area contributed by atoms with Crippen LogP contribution in [0.15, 0.2) is 0 Å². The van der Waals surface area contributed by atoms with Gasteiger partial charge in [-0.2, -0.15) is 0 Å². The zero-order valence-electron chi connectivity index (χ0n) is 9.91. The molecule has 0 spiro atoms. The number of primary amides is 1. The molecular formula is C11H17ClNO5+. The first-order valence-corrected chi connectivity index (χ1v) is 6.15. The molecule has 7 heteroatoms. The second kappa shape index (κ2) is 5.56. The van der Waals surface area contributed by atoms with Gasteiger partial charge in [0.05, 0.1) is 11.8 Å². The van der Waals surface area contributed by atoms with Gasteiger partial charge in [-0.25, -0.2) is 0 Å². The molecule has 0 aliphatic heterocycles. The van der Waals surface area contributed by atoms with E-state index < -0.39 is 29.1 Å². The quantitative estimate of drug-likeness (QED) is 0.606. The highest BCUT2D eigenvalue weighted by Gasteiger charge is 2.63. The molecular weight excluding hydrogens is 262 g/mol. The summed E-state index contributed by atoms with van der Waals surface area (Å²) in [4.78, 5) is 31.0. The normalized spacial score (nSPS) is 33.7. The van der Waals surface area contributed by atoms with Crippen LogP contribution in [-0.4, -0.2) is 33.4 Å². The number of hydrogen-bond donors (Lipinski definition) is 3. The highest BCUT2D eigenvalue weighted by Crippen LogP contribution is 2.60. The fourth-order valence-electron chi connectivity index (χ4n) is 2.52. The standard InChI is InChI=1S/C8H10O4.C3H6ClNO/c9-7(10)4-2-1-3-5(4)6(3)8(11)12;1-2(4)3(5)6/h3-6H,1-2H2,(H,9,10)(H,11,12);2,4H,1H3,(H-,5,6)/p+1. The molecule has 1 amide bonds. The monoisotopic (exact) mass is 278 g/mol. The van der Waals surface area contributed by atoms with Crippen molar-refractivity contribution in [1.82, 2.24) is 0 Å². The third-order valence-electron chi connectivity index (χ3n) is 3.51. The van der Waals surface area contributed by atoms with Crippen LogP contribution in [0, 0.1) is 35.3 Å². The molecule has 2 fully saturated rings. The maximum absolute atomic E-state index is 10.6. The van der Waals surface area contributed by atoms with E-state index in [1.54, 1.807) is 6.92 Å². The summed E-state index contributed by atoms with van der Waals surface area (Å²) in [5.74, 6) is -2.74. The van der Waals surface area contributed by atoms with Crippen molar-refractivity contribution in [3.8, 4) is 0 Å². The van der Waals surface area contributed by atoms with E-state index in [9.17, 15) is 14.4 Å². The molecule has 2 aliphatic rings. The lowest BCUT2D eigenvalue weighted by molar-refractivity contribution is -0.397. The Balaban J connectivity index is 0.000000232. The summed E-state index contributed by atoms with van der Waals surface area (Å²) in [6.45, 7) is 1.58. The van der Waals surface area contributed by atoms with Crippen LogP contribution in [0.1, 0.15) is 19.8 Å². The average Bonchev–Trinajstić information content (AvgIpc) is 2.80. The van der Waals surface area contributed by atoms with Gasteiger partial charge in [0.15, 0.2) is 0 Å². The van der Waals surface area contributed by atoms with E-state index in [2.05, 4.69) is 11.6 Å². The minimum atomic E-state index is -0.828. The molecule has 0 aromatic rings. The number of aliphatic carboxylic acids is 2. The van der Waals surface area contributed by atoms with Crippen molar-refractivity contribution in [3.63, 3.8) is 0 Å². The van der Waals surface area contributed by atoms with Crippen molar-refractivity contribution in [1.29, 1.82) is 0 Å². The highest BCUT2D eigenvalue weighted by molar-refractivity contribution is 5.79. The number of carboxylic acids is 2. The van der Waals surface area contributed by atoms with Gasteiger partial charge in [0, 0.05) is 6.92 Å².